The summed E-state index contributed by atoms with van der Waals surface area (Å²) < 4.78 is 21.1. The van der Waals surface area contributed by atoms with Crippen molar-refractivity contribution in [1.82, 2.24) is 9.47 Å². The molecule has 1 atom stereocenters. The molecule has 5 rings (SSSR count). The monoisotopic (exact) mass is 456 g/mol. The molecular weight excluding hydrogens is 427 g/mol. The number of aromatic nitrogens is 1. The number of hydrogen-bond acceptors (Lipinski definition) is 2. The first-order valence-corrected chi connectivity index (χ1v) is 11.8. The highest BCUT2D eigenvalue weighted by molar-refractivity contribution is 5.87. The molecule has 0 N–H and O–H groups in total. The number of ether oxygens (including phenoxy) is 1. The van der Waals surface area contributed by atoms with Crippen LogP contribution in [0, 0.1) is 12.7 Å². The first-order valence-electron chi connectivity index (χ1n) is 11.8. The lowest BCUT2D eigenvalue weighted by molar-refractivity contribution is -0.135. The van der Waals surface area contributed by atoms with Gasteiger partial charge in [-0.1, -0.05) is 60.2 Å². The van der Waals surface area contributed by atoms with E-state index < -0.39 is 0 Å². The van der Waals surface area contributed by atoms with Crippen LogP contribution in [-0.4, -0.2) is 41.7 Å². The van der Waals surface area contributed by atoms with Crippen molar-refractivity contribution in [3.05, 3.63) is 107 Å². The highest BCUT2D eigenvalue weighted by Crippen LogP contribution is 2.36. The van der Waals surface area contributed by atoms with E-state index in [4.69, 9.17) is 4.74 Å². The molecule has 0 radical (unpaired) electrons. The summed E-state index contributed by atoms with van der Waals surface area (Å²) in [4.78, 5) is 15.3. The number of morpholine rings is 1. The third kappa shape index (κ3) is 4.75. The van der Waals surface area contributed by atoms with E-state index >= 15 is 0 Å². The van der Waals surface area contributed by atoms with Crippen LogP contribution in [0.25, 0.3) is 10.9 Å². The molecule has 1 saturated heterocycles. The molecule has 174 valence electrons. The third-order valence-corrected chi connectivity index (χ3v) is 6.65. The largest absolute Gasteiger partial charge is 0.378 e. The molecule has 1 aliphatic rings. The SMILES string of the molecule is Cc1cccc([C@H](CC(=O)N2CCOCC2)c2cn(Cc3ccc(F)cc3)c3ccccc23)c1. The molecule has 2 heterocycles. The van der Waals surface area contributed by atoms with Crippen LogP contribution in [0.5, 0.6) is 0 Å². The van der Waals surface area contributed by atoms with Gasteiger partial charge in [-0.2, -0.15) is 0 Å². The second-order valence-corrected chi connectivity index (χ2v) is 9.02. The van der Waals surface area contributed by atoms with Crippen LogP contribution < -0.4 is 0 Å². The zero-order valence-corrected chi connectivity index (χ0v) is 19.4. The van der Waals surface area contributed by atoms with E-state index in [1.54, 1.807) is 0 Å². The average Bonchev–Trinajstić information content (AvgIpc) is 3.22. The Balaban J connectivity index is 1.56. The minimum absolute atomic E-state index is 0.0605. The quantitative estimate of drug-likeness (QED) is 0.383. The standard InChI is InChI=1S/C29H29FN2O2/c1-21-5-4-6-23(17-21)26(18-29(33)31-13-15-34-16-14-31)27-20-32(28-8-3-2-7-25(27)28)19-22-9-11-24(30)12-10-22/h2-12,17,20,26H,13-16,18-19H2,1H3/t26-/m0/s1. The van der Waals surface area contributed by atoms with Crippen LogP contribution in [0.4, 0.5) is 4.39 Å². The number of carbonyl (C=O) groups excluding carboxylic acids is 1. The van der Waals surface area contributed by atoms with Gasteiger partial charge in [0.15, 0.2) is 0 Å². The van der Waals surface area contributed by atoms with Gasteiger partial charge in [0.1, 0.15) is 5.82 Å². The number of hydrogen-bond donors (Lipinski definition) is 0. The molecule has 5 heteroatoms. The fraction of sp³-hybridized carbons (Fsp3) is 0.276. The van der Waals surface area contributed by atoms with Crippen LogP contribution in [0.1, 0.15) is 34.6 Å². The molecule has 0 bridgehead atoms. The predicted molar refractivity (Wildman–Crippen MR) is 132 cm³/mol. The van der Waals surface area contributed by atoms with Crippen molar-refractivity contribution in [3.63, 3.8) is 0 Å². The number of carbonyl (C=O) groups is 1. The number of nitrogens with zero attached hydrogens (tertiary/aromatic N) is 2. The van der Waals surface area contributed by atoms with Crippen LogP contribution >= 0.6 is 0 Å². The number of benzene rings is 3. The van der Waals surface area contributed by atoms with Gasteiger partial charge in [-0.25, -0.2) is 4.39 Å². The number of para-hydroxylation sites is 1. The smallest absolute Gasteiger partial charge is 0.223 e. The summed E-state index contributed by atoms with van der Waals surface area (Å²) in [5, 5.41) is 1.14. The molecule has 1 aliphatic heterocycles. The molecule has 0 unspecified atom stereocenters. The first kappa shape index (κ1) is 22.4. The molecule has 4 nitrogen and oxygen atoms in total. The van der Waals surface area contributed by atoms with E-state index in [1.807, 2.05) is 29.2 Å². The number of rotatable bonds is 6. The number of amides is 1. The fourth-order valence-corrected chi connectivity index (χ4v) is 4.88. The van der Waals surface area contributed by atoms with Crippen LogP contribution in [0.2, 0.25) is 0 Å². The summed E-state index contributed by atoms with van der Waals surface area (Å²) in [6.07, 6.45) is 2.58. The lowest BCUT2D eigenvalue weighted by Crippen LogP contribution is -2.41. The van der Waals surface area contributed by atoms with E-state index in [1.165, 1.54) is 17.7 Å². The van der Waals surface area contributed by atoms with Crippen molar-refractivity contribution >= 4 is 16.8 Å². The summed E-state index contributed by atoms with van der Waals surface area (Å²) >= 11 is 0. The van der Waals surface area contributed by atoms with Crippen molar-refractivity contribution in [2.45, 2.75) is 25.8 Å². The summed E-state index contributed by atoms with van der Waals surface area (Å²) in [7, 11) is 0. The van der Waals surface area contributed by atoms with E-state index in [0.29, 0.717) is 39.3 Å². The molecule has 1 amide bonds. The van der Waals surface area contributed by atoms with Gasteiger partial charge >= 0.3 is 0 Å². The highest BCUT2D eigenvalue weighted by atomic mass is 19.1. The molecule has 1 fully saturated rings. The maximum atomic E-state index is 13.4. The van der Waals surface area contributed by atoms with Gasteiger partial charge in [-0.05, 0) is 41.8 Å². The highest BCUT2D eigenvalue weighted by Gasteiger charge is 2.26. The van der Waals surface area contributed by atoms with Crippen molar-refractivity contribution in [2.75, 3.05) is 26.3 Å². The Morgan fingerprint density at radius 1 is 1.00 bits per heavy atom. The number of fused-ring (bicyclic) bond motifs is 1. The Morgan fingerprint density at radius 2 is 1.76 bits per heavy atom. The van der Waals surface area contributed by atoms with Crippen molar-refractivity contribution in [3.8, 4) is 0 Å². The average molecular weight is 457 g/mol. The minimum Gasteiger partial charge on any atom is -0.378 e. The first-order chi connectivity index (χ1) is 16.6. The van der Waals surface area contributed by atoms with Gasteiger partial charge in [0.2, 0.25) is 5.91 Å². The van der Waals surface area contributed by atoms with Crippen LogP contribution in [0.15, 0.2) is 79.0 Å². The topological polar surface area (TPSA) is 34.5 Å². The summed E-state index contributed by atoms with van der Waals surface area (Å²) in [6.45, 7) is 5.20. The maximum absolute atomic E-state index is 13.4. The Morgan fingerprint density at radius 3 is 2.53 bits per heavy atom. The third-order valence-electron chi connectivity index (χ3n) is 6.65. The molecule has 0 saturated carbocycles. The second kappa shape index (κ2) is 9.82. The molecule has 3 aromatic carbocycles. The van der Waals surface area contributed by atoms with E-state index in [2.05, 4.69) is 54.1 Å². The van der Waals surface area contributed by atoms with Gasteiger partial charge in [-0.3, -0.25) is 4.79 Å². The van der Waals surface area contributed by atoms with Gasteiger partial charge in [0, 0.05) is 49.1 Å². The molecule has 34 heavy (non-hydrogen) atoms. The Labute approximate surface area is 199 Å². The number of aryl methyl sites for hydroxylation is 1. The van der Waals surface area contributed by atoms with Gasteiger partial charge in [0.05, 0.1) is 13.2 Å². The Kier molecular flexibility index (Phi) is 6.45. The van der Waals surface area contributed by atoms with Crippen molar-refractivity contribution < 1.29 is 13.9 Å². The van der Waals surface area contributed by atoms with E-state index in [0.717, 1.165) is 27.6 Å². The molecule has 4 aromatic rings. The second-order valence-electron chi connectivity index (χ2n) is 9.02. The van der Waals surface area contributed by atoms with Gasteiger partial charge in [0.25, 0.3) is 0 Å². The normalized spacial score (nSPS) is 14.9. The maximum Gasteiger partial charge on any atom is 0.223 e. The minimum atomic E-state index is -0.233. The van der Waals surface area contributed by atoms with Gasteiger partial charge in [-0.15, -0.1) is 0 Å². The lowest BCUT2D eigenvalue weighted by Gasteiger charge is -2.29. The van der Waals surface area contributed by atoms with Gasteiger partial charge < -0.3 is 14.2 Å². The summed E-state index contributed by atoms with van der Waals surface area (Å²) in [5.74, 6) is -0.136. The zero-order chi connectivity index (χ0) is 23.5. The van der Waals surface area contributed by atoms with E-state index in [9.17, 15) is 9.18 Å². The molecule has 0 aliphatic carbocycles. The Hall–Kier alpha value is -3.44. The Bertz CT molecular complexity index is 1290. The number of halogens is 1. The fourth-order valence-electron chi connectivity index (χ4n) is 4.88. The molecule has 0 spiro atoms. The molecule has 1 aromatic heterocycles. The van der Waals surface area contributed by atoms with E-state index in [-0.39, 0.29) is 17.6 Å². The zero-order valence-electron chi connectivity index (χ0n) is 19.4. The van der Waals surface area contributed by atoms with Crippen molar-refractivity contribution in [1.29, 1.82) is 0 Å². The predicted octanol–water partition coefficient (Wildman–Crippen LogP) is 5.52. The van der Waals surface area contributed by atoms with Crippen LogP contribution in [0.3, 0.4) is 0 Å². The lowest BCUT2D eigenvalue weighted by atomic mass is 9.87. The summed E-state index contributed by atoms with van der Waals surface area (Å²) in [6, 6.07) is 23.4. The molecular formula is C29H29FN2O2. The van der Waals surface area contributed by atoms with Crippen molar-refractivity contribution in [2.24, 2.45) is 0 Å². The summed E-state index contributed by atoms with van der Waals surface area (Å²) in [5.41, 5.74) is 5.61. The van der Waals surface area contributed by atoms with Crippen LogP contribution in [-0.2, 0) is 16.1 Å².